The van der Waals surface area contributed by atoms with Gasteiger partial charge in [-0.2, -0.15) is 0 Å². The zero-order chi connectivity index (χ0) is 19.0. The summed E-state index contributed by atoms with van der Waals surface area (Å²) < 4.78 is 10.6. The predicted octanol–water partition coefficient (Wildman–Crippen LogP) is 1.41. The molecule has 7 nitrogen and oxygen atoms in total. The summed E-state index contributed by atoms with van der Waals surface area (Å²) in [6, 6.07) is 5.98. The summed E-state index contributed by atoms with van der Waals surface area (Å²) in [4.78, 5) is 29.7. The second-order valence-electron chi connectivity index (χ2n) is 7.60. The molecule has 2 amide bonds. The zero-order valence-corrected chi connectivity index (χ0v) is 15.9. The molecule has 3 unspecified atom stereocenters. The van der Waals surface area contributed by atoms with E-state index in [2.05, 4.69) is 10.2 Å². The first kappa shape index (κ1) is 18.1. The highest BCUT2D eigenvalue weighted by atomic mass is 16.5. The average molecular weight is 373 g/mol. The van der Waals surface area contributed by atoms with Crippen molar-refractivity contribution < 1.29 is 19.1 Å². The normalized spacial score (nSPS) is 27.6. The van der Waals surface area contributed by atoms with E-state index in [-0.39, 0.29) is 30.2 Å². The fraction of sp³-hybridized carbons (Fsp3) is 0.600. The Hall–Kier alpha value is -2.28. The molecule has 1 aromatic carbocycles. The van der Waals surface area contributed by atoms with Gasteiger partial charge in [-0.25, -0.2) is 0 Å². The standard InChI is InChI=1S/C20H27N3O4/c1-26-17-8-16(9-18(10-17)27-2)22-12-13(7-19(22)24)20(25)23-14-3-4-15(23)11-21-6-5-14/h8-10,13-15,21H,3-7,11-12H2,1-2H3. The molecule has 27 heavy (non-hydrogen) atoms. The van der Waals surface area contributed by atoms with Gasteiger partial charge in [0.15, 0.2) is 0 Å². The SMILES string of the molecule is COc1cc(OC)cc(N2CC(C(=O)N3C4CCNCC3CC4)CC2=O)c1. The van der Waals surface area contributed by atoms with E-state index in [0.717, 1.165) is 32.4 Å². The maximum absolute atomic E-state index is 13.3. The summed E-state index contributed by atoms with van der Waals surface area (Å²) in [5, 5.41) is 3.42. The Morgan fingerprint density at radius 1 is 1.07 bits per heavy atom. The number of nitrogens with one attached hydrogen (secondary N) is 1. The molecular formula is C20H27N3O4. The van der Waals surface area contributed by atoms with Crippen LogP contribution in [0, 0.1) is 5.92 Å². The number of fused-ring (bicyclic) bond motifs is 2. The number of anilines is 1. The van der Waals surface area contributed by atoms with Gasteiger partial charge >= 0.3 is 0 Å². The minimum Gasteiger partial charge on any atom is -0.497 e. The molecule has 0 radical (unpaired) electrons. The molecule has 7 heteroatoms. The molecule has 146 valence electrons. The molecule has 0 aromatic heterocycles. The Morgan fingerprint density at radius 2 is 1.78 bits per heavy atom. The van der Waals surface area contributed by atoms with Gasteiger partial charge in [0.1, 0.15) is 11.5 Å². The Bertz CT molecular complexity index is 702. The van der Waals surface area contributed by atoms with Gasteiger partial charge in [-0.1, -0.05) is 0 Å². The third-order valence-electron chi connectivity index (χ3n) is 6.03. The lowest BCUT2D eigenvalue weighted by molar-refractivity contribution is -0.138. The van der Waals surface area contributed by atoms with E-state index in [9.17, 15) is 9.59 Å². The topological polar surface area (TPSA) is 71.1 Å². The van der Waals surface area contributed by atoms with E-state index >= 15 is 0 Å². The smallest absolute Gasteiger partial charge is 0.228 e. The minimum absolute atomic E-state index is 0.0241. The van der Waals surface area contributed by atoms with Crippen molar-refractivity contribution in [1.82, 2.24) is 10.2 Å². The summed E-state index contributed by atoms with van der Waals surface area (Å²) in [7, 11) is 3.17. The van der Waals surface area contributed by atoms with Crippen molar-refractivity contribution in [3.05, 3.63) is 18.2 Å². The third kappa shape index (κ3) is 3.36. The maximum atomic E-state index is 13.3. The van der Waals surface area contributed by atoms with Gasteiger partial charge in [0.25, 0.3) is 0 Å². The number of methoxy groups -OCH3 is 2. The Balaban J connectivity index is 1.53. The molecule has 2 bridgehead atoms. The second-order valence-corrected chi connectivity index (χ2v) is 7.60. The van der Waals surface area contributed by atoms with Crippen LogP contribution in [0.2, 0.25) is 0 Å². The summed E-state index contributed by atoms with van der Waals surface area (Å²) in [5.74, 6) is 1.09. The van der Waals surface area contributed by atoms with Crippen molar-refractivity contribution >= 4 is 17.5 Å². The van der Waals surface area contributed by atoms with Crippen molar-refractivity contribution in [2.75, 3.05) is 38.8 Å². The number of benzene rings is 1. The van der Waals surface area contributed by atoms with Crippen molar-refractivity contribution in [2.45, 2.75) is 37.8 Å². The molecule has 3 aliphatic rings. The Labute approximate surface area is 159 Å². The number of carbonyl (C=O) groups excluding carboxylic acids is 2. The van der Waals surface area contributed by atoms with Crippen LogP contribution in [0.3, 0.4) is 0 Å². The minimum atomic E-state index is -0.282. The number of nitrogens with zero attached hydrogens (tertiary/aromatic N) is 2. The second kappa shape index (κ2) is 7.38. The van der Waals surface area contributed by atoms with Crippen LogP contribution in [0.1, 0.15) is 25.7 Å². The monoisotopic (exact) mass is 373 g/mol. The first-order valence-corrected chi connectivity index (χ1v) is 9.67. The van der Waals surface area contributed by atoms with Crippen LogP contribution in [0.4, 0.5) is 5.69 Å². The van der Waals surface area contributed by atoms with Gasteiger partial charge in [0, 0.05) is 49.8 Å². The lowest BCUT2D eigenvalue weighted by Gasteiger charge is -2.30. The molecule has 4 rings (SSSR count). The van der Waals surface area contributed by atoms with Crippen LogP contribution < -0.4 is 19.7 Å². The number of rotatable bonds is 4. The van der Waals surface area contributed by atoms with Crippen LogP contribution in [0.25, 0.3) is 0 Å². The van der Waals surface area contributed by atoms with Gasteiger partial charge in [-0.15, -0.1) is 0 Å². The molecule has 3 aliphatic heterocycles. The molecule has 3 saturated heterocycles. The van der Waals surface area contributed by atoms with Crippen LogP contribution in [-0.4, -0.2) is 62.7 Å². The third-order valence-corrected chi connectivity index (χ3v) is 6.03. The van der Waals surface area contributed by atoms with Crippen LogP contribution >= 0.6 is 0 Å². The van der Waals surface area contributed by atoms with Crippen molar-refractivity contribution in [2.24, 2.45) is 5.92 Å². The van der Waals surface area contributed by atoms with E-state index in [4.69, 9.17) is 9.47 Å². The van der Waals surface area contributed by atoms with E-state index in [1.54, 1.807) is 25.2 Å². The summed E-state index contributed by atoms with van der Waals surface area (Å²) in [6.45, 7) is 2.24. The lowest BCUT2D eigenvalue weighted by Crippen LogP contribution is -2.46. The highest BCUT2D eigenvalue weighted by Crippen LogP contribution is 2.35. The number of ether oxygens (including phenoxy) is 2. The zero-order valence-electron chi connectivity index (χ0n) is 15.9. The predicted molar refractivity (Wildman–Crippen MR) is 101 cm³/mol. The molecule has 0 spiro atoms. The van der Waals surface area contributed by atoms with Gasteiger partial charge in [0.2, 0.25) is 11.8 Å². The number of amides is 2. The fourth-order valence-electron chi connectivity index (χ4n) is 4.62. The van der Waals surface area contributed by atoms with Crippen LogP contribution in [0.15, 0.2) is 18.2 Å². The fourth-order valence-corrected chi connectivity index (χ4v) is 4.62. The Morgan fingerprint density at radius 3 is 2.48 bits per heavy atom. The first-order valence-electron chi connectivity index (χ1n) is 9.67. The molecule has 0 aliphatic carbocycles. The van der Waals surface area contributed by atoms with E-state index in [1.165, 1.54) is 0 Å². The quantitative estimate of drug-likeness (QED) is 0.864. The van der Waals surface area contributed by atoms with Gasteiger partial charge < -0.3 is 24.6 Å². The molecule has 3 atom stereocenters. The highest BCUT2D eigenvalue weighted by molar-refractivity contribution is 6.00. The summed E-state index contributed by atoms with van der Waals surface area (Å²) in [6.07, 6.45) is 3.40. The van der Waals surface area contributed by atoms with Crippen LogP contribution in [0.5, 0.6) is 11.5 Å². The van der Waals surface area contributed by atoms with Gasteiger partial charge in [-0.05, 0) is 25.8 Å². The van der Waals surface area contributed by atoms with Crippen molar-refractivity contribution in [1.29, 1.82) is 0 Å². The van der Waals surface area contributed by atoms with Gasteiger partial charge in [-0.3, -0.25) is 9.59 Å². The number of carbonyl (C=O) groups is 2. The number of hydrogen-bond donors (Lipinski definition) is 1. The van der Waals surface area contributed by atoms with E-state index < -0.39 is 0 Å². The summed E-state index contributed by atoms with van der Waals surface area (Å²) >= 11 is 0. The first-order chi connectivity index (χ1) is 13.1. The van der Waals surface area contributed by atoms with E-state index in [0.29, 0.717) is 29.8 Å². The highest BCUT2D eigenvalue weighted by Gasteiger charge is 2.44. The molecule has 0 saturated carbocycles. The van der Waals surface area contributed by atoms with E-state index in [1.807, 2.05) is 12.1 Å². The van der Waals surface area contributed by atoms with Crippen molar-refractivity contribution in [3.8, 4) is 11.5 Å². The molecule has 3 fully saturated rings. The number of hydrogen-bond acceptors (Lipinski definition) is 5. The van der Waals surface area contributed by atoms with Gasteiger partial charge in [0.05, 0.1) is 25.8 Å². The Kier molecular flexibility index (Phi) is 4.95. The molecular weight excluding hydrogens is 346 g/mol. The van der Waals surface area contributed by atoms with Crippen molar-refractivity contribution in [3.63, 3.8) is 0 Å². The van der Waals surface area contributed by atoms with Crippen LogP contribution in [-0.2, 0) is 9.59 Å². The molecule has 3 heterocycles. The summed E-state index contributed by atoms with van der Waals surface area (Å²) in [5.41, 5.74) is 0.715. The maximum Gasteiger partial charge on any atom is 0.228 e. The molecule has 1 aromatic rings. The largest absolute Gasteiger partial charge is 0.497 e. The lowest BCUT2D eigenvalue weighted by atomic mass is 10.1. The molecule has 1 N–H and O–H groups in total. The average Bonchev–Trinajstić information content (AvgIpc) is 3.19.